The Kier molecular flexibility index (Phi) is 5.49. The first kappa shape index (κ1) is 16.0. The molecule has 0 unspecified atom stereocenters. The van der Waals surface area contributed by atoms with E-state index in [0.717, 1.165) is 0 Å². The summed E-state index contributed by atoms with van der Waals surface area (Å²) in [5.41, 5.74) is 1.12. The van der Waals surface area contributed by atoms with Crippen molar-refractivity contribution in [1.29, 1.82) is 0 Å². The van der Waals surface area contributed by atoms with Gasteiger partial charge in [-0.1, -0.05) is 29.8 Å². The average Bonchev–Trinajstić information content (AvgIpc) is 2.55. The van der Waals surface area contributed by atoms with Crippen molar-refractivity contribution in [2.45, 2.75) is 12.5 Å². The van der Waals surface area contributed by atoms with Gasteiger partial charge in [0.1, 0.15) is 0 Å². The molecule has 0 aliphatic rings. The van der Waals surface area contributed by atoms with Gasteiger partial charge in [0.25, 0.3) is 5.91 Å². The summed E-state index contributed by atoms with van der Waals surface area (Å²) in [7, 11) is 1.30. The van der Waals surface area contributed by atoms with Gasteiger partial charge < -0.3 is 10.1 Å². The smallest absolute Gasteiger partial charge is 0.307 e. The van der Waals surface area contributed by atoms with E-state index in [9.17, 15) is 9.59 Å². The van der Waals surface area contributed by atoms with Crippen molar-refractivity contribution in [2.75, 3.05) is 7.11 Å². The first-order valence-corrected chi connectivity index (χ1v) is 7.01. The second-order valence-corrected chi connectivity index (χ2v) is 4.97. The van der Waals surface area contributed by atoms with E-state index in [-0.39, 0.29) is 12.3 Å². The maximum atomic E-state index is 12.3. The predicted octanol–water partition coefficient (Wildman–Crippen LogP) is 2.77. The molecule has 1 amide bonds. The summed E-state index contributed by atoms with van der Waals surface area (Å²) in [5.74, 6) is -0.740. The molecule has 1 N–H and O–H groups in total. The number of rotatable bonds is 5. The second kappa shape index (κ2) is 7.56. The van der Waals surface area contributed by atoms with Crippen LogP contribution in [-0.2, 0) is 9.53 Å². The standard InChI is InChI=1S/C16H15ClN2O3/c1-22-15(20)10-14(12-4-2-3-5-13(12)17)19-16(21)11-6-8-18-9-7-11/h2-9,14H,10H2,1H3,(H,19,21)/t14-/m1/s1. The predicted molar refractivity (Wildman–Crippen MR) is 82.5 cm³/mol. The van der Waals surface area contributed by atoms with Gasteiger partial charge in [-0.3, -0.25) is 14.6 Å². The lowest BCUT2D eigenvalue weighted by Gasteiger charge is -2.19. The fourth-order valence-corrected chi connectivity index (χ4v) is 2.26. The number of hydrogen-bond acceptors (Lipinski definition) is 4. The van der Waals surface area contributed by atoms with Crippen LogP contribution in [0.4, 0.5) is 0 Å². The molecule has 0 aliphatic carbocycles. The molecular formula is C16H15ClN2O3. The van der Waals surface area contributed by atoms with Gasteiger partial charge in [0.15, 0.2) is 0 Å². The van der Waals surface area contributed by atoms with Crippen molar-refractivity contribution in [3.8, 4) is 0 Å². The number of pyridine rings is 1. The van der Waals surface area contributed by atoms with E-state index in [0.29, 0.717) is 16.1 Å². The normalized spacial score (nSPS) is 11.5. The van der Waals surface area contributed by atoms with Gasteiger partial charge in [0.05, 0.1) is 19.6 Å². The highest BCUT2D eigenvalue weighted by Crippen LogP contribution is 2.25. The minimum absolute atomic E-state index is 0.00292. The number of aromatic nitrogens is 1. The molecule has 0 saturated carbocycles. The molecule has 22 heavy (non-hydrogen) atoms. The lowest BCUT2D eigenvalue weighted by Crippen LogP contribution is -2.30. The van der Waals surface area contributed by atoms with Gasteiger partial charge in [-0.15, -0.1) is 0 Å². The van der Waals surface area contributed by atoms with Crippen LogP contribution in [0.3, 0.4) is 0 Å². The number of methoxy groups -OCH3 is 1. The molecule has 0 radical (unpaired) electrons. The van der Waals surface area contributed by atoms with Gasteiger partial charge >= 0.3 is 5.97 Å². The highest BCUT2D eigenvalue weighted by molar-refractivity contribution is 6.31. The van der Waals surface area contributed by atoms with Crippen molar-refractivity contribution in [3.63, 3.8) is 0 Å². The third-order valence-corrected chi connectivity index (χ3v) is 3.47. The Labute approximate surface area is 133 Å². The molecule has 1 atom stereocenters. The number of hydrogen-bond donors (Lipinski definition) is 1. The Morgan fingerprint density at radius 1 is 1.23 bits per heavy atom. The fourth-order valence-electron chi connectivity index (χ4n) is 1.99. The Morgan fingerprint density at radius 2 is 1.91 bits per heavy atom. The SMILES string of the molecule is COC(=O)C[C@@H](NC(=O)c1ccncc1)c1ccccc1Cl. The average molecular weight is 319 g/mol. The van der Waals surface area contributed by atoms with Crippen LogP contribution in [0.15, 0.2) is 48.8 Å². The van der Waals surface area contributed by atoms with Crippen LogP contribution in [0.2, 0.25) is 5.02 Å². The van der Waals surface area contributed by atoms with E-state index >= 15 is 0 Å². The molecule has 0 spiro atoms. The molecule has 0 aliphatic heterocycles. The van der Waals surface area contributed by atoms with E-state index in [1.807, 2.05) is 0 Å². The van der Waals surface area contributed by atoms with Crippen molar-refractivity contribution < 1.29 is 14.3 Å². The van der Waals surface area contributed by atoms with Gasteiger partial charge in [-0.2, -0.15) is 0 Å². The molecule has 0 fully saturated rings. The maximum absolute atomic E-state index is 12.3. The van der Waals surface area contributed by atoms with E-state index in [2.05, 4.69) is 15.0 Å². The number of esters is 1. The summed E-state index contributed by atoms with van der Waals surface area (Å²) in [4.78, 5) is 27.7. The number of carbonyl (C=O) groups is 2. The minimum atomic E-state index is -0.568. The number of nitrogens with zero attached hydrogens (tertiary/aromatic N) is 1. The molecule has 6 heteroatoms. The zero-order valence-electron chi connectivity index (χ0n) is 12.0. The fraction of sp³-hybridized carbons (Fsp3) is 0.188. The van der Waals surface area contributed by atoms with E-state index in [1.165, 1.54) is 19.5 Å². The van der Waals surface area contributed by atoms with Crippen LogP contribution in [0.1, 0.15) is 28.4 Å². The van der Waals surface area contributed by atoms with Crippen molar-refractivity contribution in [3.05, 3.63) is 64.9 Å². The number of benzene rings is 1. The van der Waals surface area contributed by atoms with Crippen molar-refractivity contribution >= 4 is 23.5 Å². The number of halogens is 1. The summed E-state index contributed by atoms with van der Waals surface area (Å²) < 4.78 is 4.69. The molecule has 2 aromatic rings. The number of carbonyl (C=O) groups excluding carboxylic acids is 2. The summed E-state index contributed by atoms with van der Waals surface area (Å²) in [6, 6.07) is 9.67. The molecule has 2 rings (SSSR count). The summed E-state index contributed by atoms with van der Waals surface area (Å²) in [5, 5.41) is 3.28. The Bertz CT molecular complexity index is 661. The molecular weight excluding hydrogens is 304 g/mol. The largest absolute Gasteiger partial charge is 0.469 e. The first-order valence-electron chi connectivity index (χ1n) is 6.64. The van der Waals surface area contributed by atoms with E-state index in [1.54, 1.807) is 36.4 Å². The summed E-state index contributed by atoms with van der Waals surface area (Å²) in [6.07, 6.45) is 3.05. The molecule has 114 valence electrons. The second-order valence-electron chi connectivity index (χ2n) is 4.56. The number of amides is 1. The maximum Gasteiger partial charge on any atom is 0.307 e. The molecule has 1 aromatic heterocycles. The zero-order valence-corrected chi connectivity index (χ0v) is 12.7. The monoisotopic (exact) mass is 318 g/mol. The third-order valence-electron chi connectivity index (χ3n) is 3.13. The van der Waals surface area contributed by atoms with E-state index < -0.39 is 12.0 Å². The quantitative estimate of drug-likeness (QED) is 0.861. The molecule has 0 bridgehead atoms. The van der Waals surface area contributed by atoms with Crippen molar-refractivity contribution in [2.24, 2.45) is 0 Å². The Morgan fingerprint density at radius 3 is 2.55 bits per heavy atom. The highest BCUT2D eigenvalue weighted by Gasteiger charge is 2.21. The molecule has 5 nitrogen and oxygen atoms in total. The van der Waals surface area contributed by atoms with Crippen LogP contribution in [-0.4, -0.2) is 24.0 Å². The van der Waals surface area contributed by atoms with Gasteiger partial charge in [-0.25, -0.2) is 0 Å². The summed E-state index contributed by atoms with van der Waals surface area (Å²) in [6.45, 7) is 0. The van der Waals surface area contributed by atoms with Crippen LogP contribution >= 0.6 is 11.6 Å². The van der Waals surface area contributed by atoms with Crippen LogP contribution in [0.5, 0.6) is 0 Å². The van der Waals surface area contributed by atoms with E-state index in [4.69, 9.17) is 11.6 Å². The lowest BCUT2D eigenvalue weighted by molar-refractivity contribution is -0.141. The topological polar surface area (TPSA) is 68.3 Å². The lowest BCUT2D eigenvalue weighted by atomic mass is 10.0. The van der Waals surface area contributed by atoms with Crippen LogP contribution < -0.4 is 5.32 Å². The summed E-state index contributed by atoms with van der Waals surface area (Å²) >= 11 is 6.16. The molecule has 0 saturated heterocycles. The van der Waals surface area contributed by atoms with Crippen LogP contribution in [0.25, 0.3) is 0 Å². The minimum Gasteiger partial charge on any atom is -0.469 e. The number of ether oxygens (including phenoxy) is 1. The molecule has 1 aromatic carbocycles. The molecule has 1 heterocycles. The number of nitrogens with one attached hydrogen (secondary N) is 1. The Hall–Kier alpha value is -2.40. The highest BCUT2D eigenvalue weighted by atomic mass is 35.5. The van der Waals surface area contributed by atoms with Gasteiger partial charge in [0, 0.05) is 23.0 Å². The van der Waals surface area contributed by atoms with Gasteiger partial charge in [-0.05, 0) is 23.8 Å². The van der Waals surface area contributed by atoms with Crippen LogP contribution in [0, 0.1) is 0 Å². The van der Waals surface area contributed by atoms with Gasteiger partial charge in [0.2, 0.25) is 0 Å². The zero-order chi connectivity index (χ0) is 15.9. The van der Waals surface area contributed by atoms with Crippen molar-refractivity contribution in [1.82, 2.24) is 10.3 Å². The first-order chi connectivity index (χ1) is 10.6. The third kappa shape index (κ3) is 4.05. The Balaban J connectivity index is 2.23.